The standard InChI is InChI=1S/C12H12Br2N2/c13-12(14)7-10(16)5-6-11(12)8-1-3-9(15)4-2-8/h1-6H,7,15-16H2. The molecule has 1 aliphatic rings. The molecule has 4 heteroatoms. The fourth-order valence-electron chi connectivity index (χ4n) is 1.69. The first-order valence-electron chi connectivity index (χ1n) is 4.89. The Bertz CT molecular complexity index is 458. The fraction of sp³-hybridized carbons (Fsp3) is 0.167. The van der Waals surface area contributed by atoms with Gasteiger partial charge in [-0.1, -0.05) is 50.1 Å². The highest BCUT2D eigenvalue weighted by Gasteiger charge is 2.31. The molecule has 0 aliphatic heterocycles. The summed E-state index contributed by atoms with van der Waals surface area (Å²) in [5.74, 6) is 0. The Hall–Kier alpha value is -0.740. The first-order chi connectivity index (χ1) is 7.49. The van der Waals surface area contributed by atoms with Crippen LogP contribution in [0.4, 0.5) is 5.69 Å². The molecule has 0 aromatic heterocycles. The minimum Gasteiger partial charge on any atom is -0.402 e. The van der Waals surface area contributed by atoms with Gasteiger partial charge in [0, 0.05) is 17.8 Å². The molecule has 4 N–H and O–H groups in total. The molecule has 1 aromatic rings. The van der Waals surface area contributed by atoms with Crippen LogP contribution in [0.15, 0.2) is 42.1 Å². The average Bonchev–Trinajstić information content (AvgIpc) is 2.18. The predicted octanol–water partition coefficient (Wildman–Crippen LogP) is 3.38. The van der Waals surface area contributed by atoms with E-state index in [0.29, 0.717) is 0 Å². The van der Waals surface area contributed by atoms with Crippen LogP contribution >= 0.6 is 31.9 Å². The molecule has 0 saturated carbocycles. The van der Waals surface area contributed by atoms with E-state index in [0.717, 1.165) is 28.9 Å². The lowest BCUT2D eigenvalue weighted by molar-refractivity contribution is 0.952. The maximum absolute atomic E-state index is 5.81. The Labute approximate surface area is 112 Å². The monoisotopic (exact) mass is 342 g/mol. The van der Waals surface area contributed by atoms with Crippen LogP contribution in [0.1, 0.15) is 12.0 Å². The maximum atomic E-state index is 5.81. The van der Waals surface area contributed by atoms with E-state index in [1.54, 1.807) is 0 Å². The van der Waals surface area contributed by atoms with Gasteiger partial charge < -0.3 is 11.5 Å². The first-order valence-corrected chi connectivity index (χ1v) is 6.48. The largest absolute Gasteiger partial charge is 0.402 e. The van der Waals surface area contributed by atoms with Crippen molar-refractivity contribution in [2.24, 2.45) is 5.73 Å². The fourth-order valence-corrected chi connectivity index (χ4v) is 3.06. The highest BCUT2D eigenvalue weighted by molar-refractivity contribution is 9.25. The molecule has 0 fully saturated rings. The second-order valence-corrected chi connectivity index (χ2v) is 7.60. The number of nitrogen functional groups attached to an aromatic ring is 1. The van der Waals surface area contributed by atoms with E-state index in [4.69, 9.17) is 11.5 Å². The van der Waals surface area contributed by atoms with Gasteiger partial charge in [-0.3, -0.25) is 0 Å². The summed E-state index contributed by atoms with van der Waals surface area (Å²) >= 11 is 7.30. The molecular formula is C12H12Br2N2. The van der Waals surface area contributed by atoms with E-state index in [9.17, 15) is 0 Å². The SMILES string of the molecule is NC1=CC=C(c2ccc(N)cc2)C(Br)(Br)C1. The number of nitrogens with two attached hydrogens (primary N) is 2. The summed E-state index contributed by atoms with van der Waals surface area (Å²) in [4.78, 5) is 0. The molecule has 0 atom stereocenters. The van der Waals surface area contributed by atoms with Crippen molar-refractivity contribution in [2.75, 3.05) is 5.73 Å². The number of allylic oxidation sites excluding steroid dienone is 4. The van der Waals surface area contributed by atoms with Crippen LogP contribution in [0.25, 0.3) is 5.57 Å². The van der Waals surface area contributed by atoms with Crippen LogP contribution in [0.5, 0.6) is 0 Å². The van der Waals surface area contributed by atoms with Crippen molar-refractivity contribution in [1.82, 2.24) is 0 Å². The molecule has 0 radical (unpaired) electrons. The Morgan fingerprint density at radius 3 is 2.19 bits per heavy atom. The quantitative estimate of drug-likeness (QED) is 0.606. The van der Waals surface area contributed by atoms with Crippen LogP contribution < -0.4 is 11.5 Å². The van der Waals surface area contributed by atoms with Gasteiger partial charge in [0.15, 0.2) is 0 Å². The molecule has 0 amide bonds. The summed E-state index contributed by atoms with van der Waals surface area (Å²) in [6, 6.07) is 7.81. The van der Waals surface area contributed by atoms with E-state index in [1.165, 1.54) is 0 Å². The molecule has 1 aliphatic carbocycles. The molecular weight excluding hydrogens is 332 g/mol. The maximum Gasteiger partial charge on any atom is 0.111 e. The zero-order chi connectivity index (χ0) is 11.8. The van der Waals surface area contributed by atoms with Crippen molar-refractivity contribution in [3.05, 3.63) is 47.7 Å². The summed E-state index contributed by atoms with van der Waals surface area (Å²) in [6.07, 6.45) is 4.70. The second kappa shape index (κ2) is 4.26. The summed E-state index contributed by atoms with van der Waals surface area (Å²) in [5, 5.41) is 0. The van der Waals surface area contributed by atoms with Crippen molar-refractivity contribution in [3.63, 3.8) is 0 Å². The van der Waals surface area contributed by atoms with Gasteiger partial charge in [0.2, 0.25) is 0 Å². The highest BCUT2D eigenvalue weighted by atomic mass is 79.9. The minimum atomic E-state index is -0.283. The van der Waals surface area contributed by atoms with E-state index in [-0.39, 0.29) is 3.23 Å². The first kappa shape index (κ1) is 11.7. The predicted molar refractivity (Wildman–Crippen MR) is 76.3 cm³/mol. The Kier molecular flexibility index (Phi) is 3.13. The number of benzene rings is 1. The van der Waals surface area contributed by atoms with Gasteiger partial charge >= 0.3 is 0 Å². The van der Waals surface area contributed by atoms with Crippen LogP contribution in [0.2, 0.25) is 0 Å². The van der Waals surface area contributed by atoms with Crippen LogP contribution in [0, 0.1) is 0 Å². The van der Waals surface area contributed by atoms with E-state index in [2.05, 4.69) is 31.9 Å². The number of anilines is 1. The summed E-state index contributed by atoms with van der Waals surface area (Å²) in [5.41, 5.74) is 15.4. The average molecular weight is 344 g/mol. The van der Waals surface area contributed by atoms with Crippen LogP contribution in [-0.2, 0) is 0 Å². The zero-order valence-corrected chi connectivity index (χ0v) is 11.8. The van der Waals surface area contributed by atoms with Crippen molar-refractivity contribution in [2.45, 2.75) is 9.65 Å². The van der Waals surface area contributed by atoms with Crippen molar-refractivity contribution >= 4 is 43.1 Å². The summed E-state index contributed by atoms with van der Waals surface area (Å²) < 4.78 is -0.283. The van der Waals surface area contributed by atoms with E-state index in [1.807, 2.05) is 36.4 Å². The molecule has 0 unspecified atom stereocenters. The number of hydrogen-bond acceptors (Lipinski definition) is 2. The van der Waals surface area contributed by atoms with Gasteiger partial charge in [-0.05, 0) is 29.3 Å². The van der Waals surface area contributed by atoms with Gasteiger partial charge in [0.1, 0.15) is 3.23 Å². The smallest absolute Gasteiger partial charge is 0.111 e. The normalized spacial score (nSPS) is 18.9. The molecule has 2 nitrogen and oxygen atoms in total. The molecule has 0 bridgehead atoms. The lowest BCUT2D eigenvalue weighted by atomic mass is 9.95. The number of halogens is 2. The molecule has 1 aromatic carbocycles. The van der Waals surface area contributed by atoms with Crippen molar-refractivity contribution in [3.8, 4) is 0 Å². The number of hydrogen-bond donors (Lipinski definition) is 2. The van der Waals surface area contributed by atoms with E-state index < -0.39 is 0 Å². The third kappa shape index (κ3) is 2.33. The molecule has 16 heavy (non-hydrogen) atoms. The number of rotatable bonds is 1. The topological polar surface area (TPSA) is 52.0 Å². The van der Waals surface area contributed by atoms with Crippen molar-refractivity contribution in [1.29, 1.82) is 0 Å². The second-order valence-electron chi connectivity index (χ2n) is 3.83. The van der Waals surface area contributed by atoms with Gasteiger partial charge in [-0.2, -0.15) is 0 Å². The van der Waals surface area contributed by atoms with E-state index >= 15 is 0 Å². The van der Waals surface area contributed by atoms with Crippen LogP contribution in [0.3, 0.4) is 0 Å². The lowest BCUT2D eigenvalue weighted by Gasteiger charge is -2.27. The van der Waals surface area contributed by atoms with Crippen molar-refractivity contribution < 1.29 is 0 Å². The number of alkyl halides is 2. The molecule has 0 saturated heterocycles. The lowest BCUT2D eigenvalue weighted by Crippen LogP contribution is -2.20. The molecule has 2 rings (SSSR count). The van der Waals surface area contributed by atoms with Gasteiger partial charge in [0.05, 0.1) is 0 Å². The summed E-state index contributed by atoms with van der Waals surface area (Å²) in [7, 11) is 0. The molecule has 0 spiro atoms. The Morgan fingerprint density at radius 1 is 1.00 bits per heavy atom. The molecule has 0 heterocycles. The van der Waals surface area contributed by atoms with Gasteiger partial charge in [0.25, 0.3) is 0 Å². The zero-order valence-electron chi connectivity index (χ0n) is 8.58. The third-order valence-corrected chi connectivity index (χ3v) is 3.92. The minimum absolute atomic E-state index is 0.283. The summed E-state index contributed by atoms with van der Waals surface area (Å²) in [6.45, 7) is 0. The molecule has 84 valence electrons. The Balaban J connectivity index is 2.43. The van der Waals surface area contributed by atoms with Gasteiger partial charge in [-0.15, -0.1) is 0 Å². The van der Waals surface area contributed by atoms with Crippen LogP contribution in [-0.4, -0.2) is 3.23 Å². The highest BCUT2D eigenvalue weighted by Crippen LogP contribution is 2.46. The Morgan fingerprint density at radius 2 is 1.62 bits per heavy atom. The van der Waals surface area contributed by atoms with Gasteiger partial charge in [-0.25, -0.2) is 0 Å². The third-order valence-electron chi connectivity index (χ3n) is 2.51.